The Morgan fingerprint density at radius 1 is 1.37 bits per heavy atom. The van der Waals surface area contributed by atoms with E-state index in [4.69, 9.17) is 0 Å². The summed E-state index contributed by atoms with van der Waals surface area (Å²) >= 11 is 0. The summed E-state index contributed by atoms with van der Waals surface area (Å²) in [4.78, 5) is 4.26. The zero-order valence-corrected chi connectivity index (χ0v) is 12.5. The molecule has 1 aromatic rings. The number of rotatable bonds is 8. The number of hydrogen-bond acceptors (Lipinski definition) is 4. The average Bonchev–Trinajstić information content (AvgIpc) is 2.37. The van der Waals surface area contributed by atoms with Crippen molar-refractivity contribution in [3.63, 3.8) is 0 Å². The molecule has 0 aliphatic carbocycles. The topological polar surface area (TPSA) is 74.3 Å². The van der Waals surface area contributed by atoms with Gasteiger partial charge in [0.1, 0.15) is 0 Å². The highest BCUT2D eigenvalue weighted by Gasteiger charge is 2.16. The van der Waals surface area contributed by atoms with E-state index in [1.807, 2.05) is 26.1 Å². The number of pyridine rings is 1. The fourth-order valence-electron chi connectivity index (χ4n) is 1.57. The highest BCUT2D eigenvalue weighted by Crippen LogP contribution is 2.01. The van der Waals surface area contributed by atoms with Crippen molar-refractivity contribution in [2.24, 2.45) is 0 Å². The summed E-state index contributed by atoms with van der Waals surface area (Å²) in [5, 5.41) is 2.99. The molecule has 1 aromatic heterocycles. The first kappa shape index (κ1) is 16.0. The summed E-state index contributed by atoms with van der Waals surface area (Å²) in [7, 11) is -0.0217. The molecule has 2 N–H and O–H groups in total. The molecular formula is C12H22N4O2S. The fourth-order valence-corrected chi connectivity index (χ4v) is 2.49. The van der Waals surface area contributed by atoms with E-state index >= 15 is 0 Å². The summed E-state index contributed by atoms with van der Waals surface area (Å²) in [5.41, 5.74) is 1.59. The van der Waals surface area contributed by atoms with E-state index in [1.54, 1.807) is 13.1 Å². The Labute approximate surface area is 115 Å². The predicted octanol–water partition coefficient (Wildman–Crippen LogP) is 0.266. The van der Waals surface area contributed by atoms with Crippen molar-refractivity contribution < 1.29 is 8.42 Å². The standard InChI is InChI=1S/C12H22N4O2S/c1-11-6-4-7-12(15-11)10-14-19(17,18)16(3)9-5-8-13-2/h4,6-7,13-14H,5,8-10H2,1-3H3. The van der Waals surface area contributed by atoms with Crippen LogP contribution in [0.2, 0.25) is 0 Å². The highest BCUT2D eigenvalue weighted by atomic mass is 32.2. The van der Waals surface area contributed by atoms with Crippen molar-refractivity contribution in [3.05, 3.63) is 29.6 Å². The minimum absolute atomic E-state index is 0.209. The molecule has 0 saturated heterocycles. The van der Waals surface area contributed by atoms with Crippen LogP contribution in [-0.4, -0.2) is 44.9 Å². The molecule has 0 unspecified atom stereocenters. The SMILES string of the molecule is CNCCCN(C)S(=O)(=O)NCc1cccc(C)n1. The van der Waals surface area contributed by atoms with Crippen LogP contribution in [0.15, 0.2) is 18.2 Å². The lowest BCUT2D eigenvalue weighted by molar-refractivity contribution is 0.447. The molecule has 108 valence electrons. The van der Waals surface area contributed by atoms with Crippen LogP contribution in [0.5, 0.6) is 0 Å². The maximum absolute atomic E-state index is 11.9. The fraction of sp³-hybridized carbons (Fsp3) is 0.583. The number of aryl methyl sites for hydroxylation is 1. The third-order valence-electron chi connectivity index (χ3n) is 2.69. The molecule has 0 spiro atoms. The Hall–Kier alpha value is -1.02. The molecule has 0 radical (unpaired) electrons. The number of nitrogens with one attached hydrogen (secondary N) is 2. The summed E-state index contributed by atoms with van der Waals surface area (Å²) < 4.78 is 27.8. The lowest BCUT2D eigenvalue weighted by atomic mass is 10.3. The van der Waals surface area contributed by atoms with Crippen LogP contribution in [0.4, 0.5) is 0 Å². The molecule has 0 fully saturated rings. The van der Waals surface area contributed by atoms with Crippen LogP contribution in [-0.2, 0) is 16.8 Å². The van der Waals surface area contributed by atoms with Gasteiger partial charge in [0.15, 0.2) is 0 Å². The minimum Gasteiger partial charge on any atom is -0.320 e. The van der Waals surface area contributed by atoms with E-state index in [1.165, 1.54) is 4.31 Å². The third kappa shape index (κ3) is 5.65. The Morgan fingerprint density at radius 2 is 2.11 bits per heavy atom. The second-order valence-electron chi connectivity index (χ2n) is 4.38. The van der Waals surface area contributed by atoms with Gasteiger partial charge in [-0.3, -0.25) is 4.98 Å². The zero-order valence-electron chi connectivity index (χ0n) is 11.7. The van der Waals surface area contributed by atoms with Gasteiger partial charge in [-0.15, -0.1) is 0 Å². The minimum atomic E-state index is -3.44. The largest absolute Gasteiger partial charge is 0.320 e. The van der Waals surface area contributed by atoms with E-state index < -0.39 is 10.2 Å². The van der Waals surface area contributed by atoms with Gasteiger partial charge in [0.2, 0.25) is 0 Å². The second kappa shape index (κ2) is 7.54. The van der Waals surface area contributed by atoms with Crippen LogP contribution in [0.1, 0.15) is 17.8 Å². The molecule has 19 heavy (non-hydrogen) atoms. The average molecular weight is 286 g/mol. The van der Waals surface area contributed by atoms with E-state index in [9.17, 15) is 8.42 Å². The van der Waals surface area contributed by atoms with Gasteiger partial charge in [0.25, 0.3) is 10.2 Å². The van der Waals surface area contributed by atoms with E-state index in [-0.39, 0.29) is 6.54 Å². The van der Waals surface area contributed by atoms with Crippen molar-refractivity contribution in [3.8, 4) is 0 Å². The Bertz CT molecular complexity index is 490. The van der Waals surface area contributed by atoms with Gasteiger partial charge < -0.3 is 5.32 Å². The molecule has 0 saturated carbocycles. The van der Waals surface area contributed by atoms with Crippen LogP contribution in [0.3, 0.4) is 0 Å². The van der Waals surface area contributed by atoms with Crippen LogP contribution < -0.4 is 10.0 Å². The van der Waals surface area contributed by atoms with Crippen molar-refractivity contribution in [2.45, 2.75) is 19.9 Å². The molecule has 0 amide bonds. The molecule has 0 aliphatic rings. The summed E-state index contributed by atoms with van der Waals surface area (Å²) in [5.74, 6) is 0. The second-order valence-corrected chi connectivity index (χ2v) is 6.24. The van der Waals surface area contributed by atoms with Gasteiger partial charge in [0.05, 0.1) is 12.2 Å². The van der Waals surface area contributed by atoms with E-state index in [0.29, 0.717) is 12.2 Å². The van der Waals surface area contributed by atoms with Gasteiger partial charge in [-0.1, -0.05) is 6.07 Å². The Morgan fingerprint density at radius 3 is 2.74 bits per heavy atom. The highest BCUT2D eigenvalue weighted by molar-refractivity contribution is 7.87. The summed E-state index contributed by atoms with van der Waals surface area (Å²) in [6, 6.07) is 5.54. The first-order chi connectivity index (χ1) is 8.95. The Kier molecular flexibility index (Phi) is 6.36. The maximum Gasteiger partial charge on any atom is 0.279 e. The van der Waals surface area contributed by atoms with Crippen molar-refractivity contribution in [1.29, 1.82) is 0 Å². The lowest BCUT2D eigenvalue weighted by Crippen LogP contribution is -2.39. The van der Waals surface area contributed by atoms with Gasteiger partial charge >= 0.3 is 0 Å². The summed E-state index contributed by atoms with van der Waals surface area (Å²) in [6.07, 6.45) is 0.774. The van der Waals surface area contributed by atoms with Gasteiger partial charge in [0, 0.05) is 19.3 Å². The van der Waals surface area contributed by atoms with Crippen molar-refractivity contribution >= 4 is 10.2 Å². The number of nitrogens with zero attached hydrogens (tertiary/aromatic N) is 2. The molecule has 1 heterocycles. The first-order valence-electron chi connectivity index (χ1n) is 6.24. The molecule has 0 bridgehead atoms. The van der Waals surface area contributed by atoms with Crippen LogP contribution >= 0.6 is 0 Å². The summed E-state index contributed by atoms with van der Waals surface area (Å²) in [6.45, 7) is 3.36. The van der Waals surface area contributed by atoms with Gasteiger partial charge in [-0.05, 0) is 39.1 Å². The molecule has 0 aliphatic heterocycles. The number of aromatic nitrogens is 1. The predicted molar refractivity (Wildman–Crippen MR) is 75.9 cm³/mol. The normalized spacial score (nSPS) is 12.0. The maximum atomic E-state index is 11.9. The van der Waals surface area contributed by atoms with Crippen LogP contribution in [0, 0.1) is 6.92 Å². The number of hydrogen-bond donors (Lipinski definition) is 2. The molecule has 7 heteroatoms. The van der Waals surface area contributed by atoms with Crippen LogP contribution in [0.25, 0.3) is 0 Å². The van der Waals surface area contributed by atoms with Crippen molar-refractivity contribution in [1.82, 2.24) is 19.3 Å². The monoisotopic (exact) mass is 286 g/mol. The van der Waals surface area contributed by atoms with E-state index in [0.717, 1.165) is 18.7 Å². The van der Waals surface area contributed by atoms with Crippen molar-refractivity contribution in [2.75, 3.05) is 27.2 Å². The molecule has 1 rings (SSSR count). The third-order valence-corrected chi connectivity index (χ3v) is 4.20. The zero-order chi connectivity index (χ0) is 14.3. The molecule has 0 atom stereocenters. The van der Waals surface area contributed by atoms with Gasteiger partial charge in [-0.25, -0.2) is 0 Å². The quantitative estimate of drug-likeness (QED) is 0.673. The smallest absolute Gasteiger partial charge is 0.279 e. The Balaban J connectivity index is 2.50. The molecular weight excluding hydrogens is 264 g/mol. The van der Waals surface area contributed by atoms with Gasteiger partial charge in [-0.2, -0.15) is 17.4 Å². The first-order valence-corrected chi connectivity index (χ1v) is 7.68. The lowest BCUT2D eigenvalue weighted by Gasteiger charge is -2.17. The van der Waals surface area contributed by atoms with E-state index in [2.05, 4.69) is 15.0 Å². The molecule has 0 aromatic carbocycles. The molecule has 6 nitrogen and oxygen atoms in total.